The molecule has 4 rings (SSSR count). The van der Waals surface area contributed by atoms with Gasteiger partial charge in [-0.05, 0) is 31.9 Å². The van der Waals surface area contributed by atoms with Gasteiger partial charge in [-0.15, -0.1) is 5.10 Å². The molecule has 0 aromatic carbocycles. The molecule has 1 atom stereocenters. The van der Waals surface area contributed by atoms with Gasteiger partial charge in [0.05, 0.1) is 0 Å². The molecule has 0 spiro atoms. The summed E-state index contributed by atoms with van der Waals surface area (Å²) >= 11 is 0. The van der Waals surface area contributed by atoms with E-state index in [1.807, 2.05) is 18.2 Å². The van der Waals surface area contributed by atoms with Gasteiger partial charge in [0.2, 0.25) is 5.95 Å². The predicted molar refractivity (Wildman–Crippen MR) is 92.2 cm³/mol. The molecule has 0 aliphatic carbocycles. The van der Waals surface area contributed by atoms with E-state index in [1.54, 1.807) is 28.6 Å². The maximum Gasteiger partial charge on any atom is 0.329 e. The van der Waals surface area contributed by atoms with Crippen molar-refractivity contribution >= 4 is 29.1 Å². The second-order valence-corrected chi connectivity index (χ2v) is 6.34. The molecule has 3 aromatic heterocycles. The maximum atomic E-state index is 11.8. The highest BCUT2D eigenvalue weighted by molar-refractivity contribution is 5.83. The van der Waals surface area contributed by atoms with Crippen molar-refractivity contribution in [3.05, 3.63) is 30.1 Å². The number of aromatic amines is 1. The molecule has 0 radical (unpaired) electrons. The van der Waals surface area contributed by atoms with Crippen LogP contribution < -0.4 is 10.2 Å². The summed E-state index contributed by atoms with van der Waals surface area (Å²) in [6.07, 6.45) is 3.05. The zero-order chi connectivity index (χ0) is 18.3. The number of aliphatic carboxylic acids is 1. The van der Waals surface area contributed by atoms with E-state index in [2.05, 4.69) is 25.6 Å². The topological polar surface area (TPSA) is 135 Å². The van der Waals surface area contributed by atoms with Crippen LogP contribution in [0.5, 0.6) is 0 Å². The highest BCUT2D eigenvalue weighted by Gasteiger charge is 2.45. The van der Waals surface area contributed by atoms with E-state index in [0.29, 0.717) is 41.8 Å². The number of carboxylic acid groups (broad SMARTS) is 1. The lowest BCUT2D eigenvalue weighted by Gasteiger charge is -2.31. The zero-order valence-electron chi connectivity index (χ0n) is 14.0. The lowest BCUT2D eigenvalue weighted by Crippen LogP contribution is -2.49. The maximum absolute atomic E-state index is 11.8. The minimum Gasteiger partial charge on any atom is -0.480 e. The third-order valence-electron chi connectivity index (χ3n) is 4.67. The van der Waals surface area contributed by atoms with Crippen LogP contribution in [0, 0.1) is 11.3 Å². The number of carbonyl (C=O) groups is 1. The van der Waals surface area contributed by atoms with Crippen molar-refractivity contribution in [2.75, 3.05) is 16.8 Å². The summed E-state index contributed by atoms with van der Waals surface area (Å²) < 4.78 is 1.64. The number of nitrogens with one attached hydrogen (secondary N) is 2. The van der Waals surface area contributed by atoms with E-state index in [0.717, 1.165) is 6.42 Å². The second-order valence-electron chi connectivity index (χ2n) is 6.34. The van der Waals surface area contributed by atoms with Crippen LogP contribution in [-0.2, 0) is 4.79 Å². The predicted octanol–water partition coefficient (Wildman–Crippen LogP) is 1.51. The Hall–Kier alpha value is -3.61. The summed E-state index contributed by atoms with van der Waals surface area (Å²) in [5.41, 5.74) is -0.00374. The number of nitriles is 1. The third kappa shape index (κ3) is 2.41. The van der Waals surface area contributed by atoms with Crippen molar-refractivity contribution in [1.82, 2.24) is 24.8 Å². The fourth-order valence-corrected chi connectivity index (χ4v) is 3.20. The van der Waals surface area contributed by atoms with Gasteiger partial charge in [0, 0.05) is 18.8 Å². The van der Waals surface area contributed by atoms with Gasteiger partial charge in [-0.2, -0.15) is 15.3 Å². The first-order chi connectivity index (χ1) is 12.5. The minimum atomic E-state index is -1.04. The van der Waals surface area contributed by atoms with E-state index >= 15 is 0 Å². The molecule has 0 amide bonds. The molecule has 10 nitrogen and oxygen atoms in total. The fraction of sp³-hybridized carbons (Fsp3) is 0.312. The largest absolute Gasteiger partial charge is 0.480 e. The number of fused-ring (bicyclic) bond motifs is 1. The third-order valence-corrected chi connectivity index (χ3v) is 4.67. The van der Waals surface area contributed by atoms with Crippen LogP contribution in [0.1, 0.15) is 25.5 Å². The van der Waals surface area contributed by atoms with E-state index in [9.17, 15) is 9.90 Å². The van der Waals surface area contributed by atoms with E-state index in [1.165, 1.54) is 0 Å². The Morgan fingerprint density at radius 3 is 3.12 bits per heavy atom. The number of hydrogen-bond acceptors (Lipinski definition) is 7. The second kappa shape index (κ2) is 5.73. The molecule has 1 aliphatic heterocycles. The first-order valence-electron chi connectivity index (χ1n) is 8.10. The molecule has 3 aromatic rings. The van der Waals surface area contributed by atoms with Crippen LogP contribution in [-0.4, -0.2) is 48.0 Å². The van der Waals surface area contributed by atoms with Crippen molar-refractivity contribution in [3.63, 3.8) is 0 Å². The van der Waals surface area contributed by atoms with Crippen molar-refractivity contribution in [2.24, 2.45) is 0 Å². The summed E-state index contributed by atoms with van der Waals surface area (Å²) in [4.78, 5) is 18.0. The van der Waals surface area contributed by atoms with Crippen molar-refractivity contribution < 1.29 is 9.90 Å². The van der Waals surface area contributed by atoms with Gasteiger partial charge >= 0.3 is 5.97 Å². The summed E-state index contributed by atoms with van der Waals surface area (Å²) in [7, 11) is 0. The van der Waals surface area contributed by atoms with Crippen LogP contribution in [0.25, 0.3) is 5.52 Å². The molecular weight excluding hydrogens is 336 g/mol. The summed E-state index contributed by atoms with van der Waals surface area (Å²) in [5.74, 6) is 0.355. The molecule has 0 saturated carbocycles. The number of anilines is 3. The van der Waals surface area contributed by atoms with Crippen molar-refractivity contribution in [1.29, 1.82) is 5.26 Å². The highest BCUT2D eigenvalue weighted by Crippen LogP contribution is 2.33. The average molecular weight is 352 g/mol. The Kier molecular flexibility index (Phi) is 3.50. The Labute approximate surface area is 148 Å². The average Bonchev–Trinajstić information content (AvgIpc) is 3.34. The van der Waals surface area contributed by atoms with Crippen LogP contribution in [0.15, 0.2) is 24.4 Å². The van der Waals surface area contributed by atoms with Crippen LogP contribution in [0.2, 0.25) is 0 Å². The van der Waals surface area contributed by atoms with Gasteiger partial charge in [-0.25, -0.2) is 9.31 Å². The van der Waals surface area contributed by atoms with E-state index < -0.39 is 11.5 Å². The summed E-state index contributed by atoms with van der Waals surface area (Å²) in [5, 5.41) is 32.7. The Bertz CT molecular complexity index is 1030. The molecule has 4 heterocycles. The van der Waals surface area contributed by atoms with Gasteiger partial charge < -0.3 is 15.3 Å². The molecule has 0 unspecified atom stereocenters. The number of rotatable bonds is 4. The lowest BCUT2D eigenvalue weighted by atomic mass is 10.00. The van der Waals surface area contributed by atoms with Crippen molar-refractivity contribution in [3.8, 4) is 6.07 Å². The van der Waals surface area contributed by atoms with Gasteiger partial charge in [-0.3, -0.25) is 5.10 Å². The van der Waals surface area contributed by atoms with Crippen molar-refractivity contribution in [2.45, 2.75) is 25.3 Å². The standard InChI is InChI=1S/C16H16N8O2/c1-16(14(25)26)5-3-6-23(16)15-19-13(11-4-2-7-24(11)22-15)18-12-8-10(9-17)20-21-12/h2,4,7-8H,3,5-6H2,1H3,(H,25,26)(H2,18,19,20,21,22)/t16-/m0/s1. The SMILES string of the molecule is C[C@@]1(C(=O)O)CCCN1c1nc(Nc2cc(C#N)[nH]n2)c2cccn2n1. The minimum absolute atomic E-state index is 0.325. The van der Waals surface area contributed by atoms with Gasteiger partial charge in [0.15, 0.2) is 11.6 Å². The number of H-pyrrole nitrogens is 1. The first-order valence-corrected chi connectivity index (χ1v) is 8.10. The Balaban J connectivity index is 1.78. The summed E-state index contributed by atoms with van der Waals surface area (Å²) in [6, 6.07) is 7.20. The van der Waals surface area contributed by atoms with Crippen LogP contribution in [0.4, 0.5) is 17.6 Å². The highest BCUT2D eigenvalue weighted by atomic mass is 16.4. The van der Waals surface area contributed by atoms with Gasteiger partial charge in [0.25, 0.3) is 0 Å². The molecular formula is C16H16N8O2. The fourth-order valence-electron chi connectivity index (χ4n) is 3.20. The molecule has 10 heteroatoms. The number of aromatic nitrogens is 5. The molecule has 0 bridgehead atoms. The first kappa shape index (κ1) is 15.9. The molecule has 3 N–H and O–H groups in total. The molecule has 26 heavy (non-hydrogen) atoms. The van der Waals surface area contributed by atoms with Crippen LogP contribution >= 0.6 is 0 Å². The molecule has 132 valence electrons. The van der Waals surface area contributed by atoms with Gasteiger partial charge in [0.1, 0.15) is 22.8 Å². The monoisotopic (exact) mass is 352 g/mol. The van der Waals surface area contributed by atoms with E-state index in [-0.39, 0.29) is 0 Å². The number of hydrogen-bond donors (Lipinski definition) is 3. The van der Waals surface area contributed by atoms with Crippen LogP contribution in [0.3, 0.4) is 0 Å². The Morgan fingerprint density at radius 1 is 1.54 bits per heavy atom. The number of nitrogens with zero attached hydrogens (tertiary/aromatic N) is 6. The smallest absolute Gasteiger partial charge is 0.329 e. The quantitative estimate of drug-likeness (QED) is 0.643. The molecule has 1 saturated heterocycles. The lowest BCUT2D eigenvalue weighted by molar-refractivity contribution is -0.142. The zero-order valence-corrected chi connectivity index (χ0v) is 14.0. The normalized spacial score (nSPS) is 19.6. The molecule has 1 aliphatic rings. The Morgan fingerprint density at radius 2 is 2.38 bits per heavy atom. The van der Waals surface area contributed by atoms with E-state index in [4.69, 9.17) is 5.26 Å². The summed E-state index contributed by atoms with van der Waals surface area (Å²) in [6.45, 7) is 2.25. The number of carboxylic acids is 1. The molecule has 1 fully saturated rings. The van der Waals surface area contributed by atoms with Gasteiger partial charge in [-0.1, -0.05) is 0 Å².